The van der Waals surface area contributed by atoms with E-state index in [4.69, 9.17) is 27.6 Å². The second-order valence-electron chi connectivity index (χ2n) is 5.85. The number of rotatable bonds is 6. The zero-order valence-corrected chi connectivity index (χ0v) is 17.2. The molecule has 1 aromatic heterocycles. The van der Waals surface area contributed by atoms with Crippen LogP contribution in [0.25, 0.3) is 6.08 Å². The first-order valence-electron chi connectivity index (χ1n) is 8.47. The lowest BCUT2D eigenvalue weighted by atomic mass is 10.2. The van der Waals surface area contributed by atoms with E-state index in [9.17, 15) is 14.4 Å². The summed E-state index contributed by atoms with van der Waals surface area (Å²) in [5.41, 5.74) is 0.553. The van der Waals surface area contributed by atoms with Crippen LogP contribution in [0.4, 0.5) is 4.79 Å². The first kappa shape index (κ1) is 20.5. The van der Waals surface area contributed by atoms with E-state index >= 15 is 0 Å². The van der Waals surface area contributed by atoms with Gasteiger partial charge in [-0.15, -0.1) is 0 Å². The van der Waals surface area contributed by atoms with Gasteiger partial charge in [-0.25, -0.2) is 0 Å². The van der Waals surface area contributed by atoms with Crippen molar-refractivity contribution in [1.29, 1.82) is 0 Å². The number of carbonyl (C=O) groups excluding carboxylic acids is 3. The normalized spacial score (nSPS) is 15.5. The molecule has 0 radical (unpaired) electrons. The van der Waals surface area contributed by atoms with Crippen molar-refractivity contribution in [3.8, 4) is 0 Å². The molecule has 3 amide bonds. The van der Waals surface area contributed by atoms with Crippen molar-refractivity contribution in [2.75, 3.05) is 13.1 Å². The Kier molecular flexibility index (Phi) is 6.49. The number of nitrogens with one attached hydrogen (secondary N) is 1. The second kappa shape index (κ2) is 8.86. The lowest BCUT2D eigenvalue weighted by Gasteiger charge is -2.12. The van der Waals surface area contributed by atoms with Crippen molar-refractivity contribution in [1.82, 2.24) is 10.2 Å². The molecular formula is C19H16Cl2N2O4S. The highest BCUT2D eigenvalue weighted by Crippen LogP contribution is 2.34. The van der Waals surface area contributed by atoms with Crippen LogP contribution < -0.4 is 5.32 Å². The van der Waals surface area contributed by atoms with E-state index < -0.39 is 17.1 Å². The molecule has 28 heavy (non-hydrogen) atoms. The average Bonchev–Trinajstić information content (AvgIpc) is 3.25. The number of aryl methyl sites for hydroxylation is 1. The van der Waals surface area contributed by atoms with Crippen molar-refractivity contribution in [2.24, 2.45) is 0 Å². The molecule has 1 aromatic carbocycles. The van der Waals surface area contributed by atoms with Gasteiger partial charge >= 0.3 is 0 Å². The fourth-order valence-corrected chi connectivity index (χ4v) is 3.74. The molecule has 6 nitrogen and oxygen atoms in total. The minimum absolute atomic E-state index is 0.0539. The smallest absolute Gasteiger partial charge is 0.293 e. The SMILES string of the molecule is CCc1ccc(C(=O)NCCN2C(=O)S/C(=C\c3cccc(Cl)c3Cl)C2=O)o1. The van der Waals surface area contributed by atoms with E-state index in [1.807, 2.05) is 6.92 Å². The molecule has 2 aromatic rings. The molecule has 0 saturated carbocycles. The van der Waals surface area contributed by atoms with Crippen LogP contribution in [0.1, 0.15) is 28.8 Å². The van der Waals surface area contributed by atoms with E-state index in [-0.39, 0.29) is 23.8 Å². The predicted molar refractivity (Wildman–Crippen MR) is 110 cm³/mol. The number of hydrogen-bond donors (Lipinski definition) is 1. The molecular weight excluding hydrogens is 423 g/mol. The Hall–Kier alpha value is -2.22. The van der Waals surface area contributed by atoms with Gasteiger partial charge < -0.3 is 9.73 Å². The van der Waals surface area contributed by atoms with Crippen LogP contribution in [-0.2, 0) is 11.2 Å². The minimum Gasteiger partial charge on any atom is -0.456 e. The maximum atomic E-state index is 12.5. The van der Waals surface area contributed by atoms with Gasteiger partial charge in [0.15, 0.2) is 5.76 Å². The fourth-order valence-electron chi connectivity index (χ4n) is 2.52. The topological polar surface area (TPSA) is 79.6 Å². The van der Waals surface area contributed by atoms with E-state index in [1.54, 1.807) is 30.3 Å². The van der Waals surface area contributed by atoms with E-state index in [2.05, 4.69) is 5.32 Å². The van der Waals surface area contributed by atoms with E-state index in [0.717, 1.165) is 16.7 Å². The molecule has 0 atom stereocenters. The maximum Gasteiger partial charge on any atom is 0.293 e. The van der Waals surface area contributed by atoms with Crippen LogP contribution in [-0.4, -0.2) is 35.0 Å². The third-order valence-corrected chi connectivity index (χ3v) is 5.74. The largest absolute Gasteiger partial charge is 0.456 e. The van der Waals surface area contributed by atoms with Gasteiger partial charge in [0.2, 0.25) is 0 Å². The maximum absolute atomic E-state index is 12.5. The molecule has 0 bridgehead atoms. The Bertz CT molecular complexity index is 971. The Balaban J connectivity index is 1.61. The van der Waals surface area contributed by atoms with Gasteiger partial charge in [0.1, 0.15) is 5.76 Å². The van der Waals surface area contributed by atoms with Gasteiger partial charge in [0, 0.05) is 19.5 Å². The molecule has 9 heteroatoms. The lowest BCUT2D eigenvalue weighted by molar-refractivity contribution is -0.122. The third kappa shape index (κ3) is 4.43. The summed E-state index contributed by atoms with van der Waals surface area (Å²) in [6, 6.07) is 8.37. The van der Waals surface area contributed by atoms with Crippen molar-refractivity contribution in [2.45, 2.75) is 13.3 Å². The number of furan rings is 1. The summed E-state index contributed by atoms with van der Waals surface area (Å²) < 4.78 is 5.37. The number of amides is 3. The van der Waals surface area contributed by atoms with Crippen LogP contribution in [0.2, 0.25) is 10.0 Å². The van der Waals surface area contributed by atoms with Crippen LogP contribution in [0.15, 0.2) is 39.7 Å². The molecule has 0 spiro atoms. The Morgan fingerprint density at radius 3 is 2.75 bits per heavy atom. The first-order valence-corrected chi connectivity index (χ1v) is 10.0. The van der Waals surface area contributed by atoms with Crippen LogP contribution in [0.5, 0.6) is 0 Å². The van der Waals surface area contributed by atoms with Crippen LogP contribution in [0, 0.1) is 0 Å². The third-order valence-electron chi connectivity index (χ3n) is 4.00. The zero-order chi connectivity index (χ0) is 20.3. The van der Waals surface area contributed by atoms with Gasteiger partial charge in [0.05, 0.1) is 15.0 Å². The standard InChI is InChI=1S/C19H16Cl2N2O4S/c1-2-12-6-7-14(27-12)17(24)22-8-9-23-18(25)15(28-19(23)26)10-11-4-3-5-13(20)16(11)21/h3-7,10H,2,8-9H2,1H3,(H,22,24)/b15-10-. The number of benzene rings is 1. The average molecular weight is 439 g/mol. The van der Waals surface area contributed by atoms with Gasteiger partial charge in [-0.2, -0.15) is 0 Å². The summed E-state index contributed by atoms with van der Waals surface area (Å²) in [5.74, 6) is 0.0712. The molecule has 0 aliphatic carbocycles. The van der Waals surface area contributed by atoms with Crippen molar-refractivity contribution in [3.05, 3.63) is 62.4 Å². The second-order valence-corrected chi connectivity index (χ2v) is 7.63. The van der Waals surface area contributed by atoms with Gasteiger partial charge in [-0.05, 0) is 41.6 Å². The number of imide groups is 1. The molecule has 1 fully saturated rings. The number of hydrogen-bond acceptors (Lipinski definition) is 5. The highest BCUT2D eigenvalue weighted by atomic mass is 35.5. The summed E-state index contributed by atoms with van der Waals surface area (Å²) >= 11 is 12.9. The zero-order valence-electron chi connectivity index (χ0n) is 14.8. The Morgan fingerprint density at radius 2 is 2.04 bits per heavy atom. The Labute approximate surface area is 175 Å². The fraction of sp³-hybridized carbons (Fsp3) is 0.211. The molecule has 146 valence electrons. The van der Waals surface area contributed by atoms with Crippen molar-refractivity contribution < 1.29 is 18.8 Å². The summed E-state index contributed by atoms with van der Waals surface area (Å²) in [6.07, 6.45) is 2.22. The number of carbonyl (C=O) groups is 3. The van der Waals surface area contributed by atoms with Gasteiger partial charge in [-0.3, -0.25) is 19.3 Å². The Morgan fingerprint density at radius 1 is 1.25 bits per heavy atom. The molecule has 1 N–H and O–H groups in total. The van der Waals surface area contributed by atoms with Crippen molar-refractivity contribution >= 4 is 58.1 Å². The quantitative estimate of drug-likeness (QED) is 0.665. The van der Waals surface area contributed by atoms with Gasteiger partial charge in [0.25, 0.3) is 17.1 Å². The molecule has 3 rings (SSSR count). The first-order chi connectivity index (χ1) is 13.4. The summed E-state index contributed by atoms with van der Waals surface area (Å²) in [4.78, 5) is 38.1. The summed E-state index contributed by atoms with van der Waals surface area (Å²) in [7, 11) is 0. The highest BCUT2D eigenvalue weighted by Gasteiger charge is 2.34. The van der Waals surface area contributed by atoms with Crippen LogP contribution >= 0.6 is 35.0 Å². The number of thioether (sulfide) groups is 1. The summed E-state index contributed by atoms with van der Waals surface area (Å²) in [5, 5.41) is 2.91. The highest BCUT2D eigenvalue weighted by molar-refractivity contribution is 8.18. The van der Waals surface area contributed by atoms with E-state index in [1.165, 1.54) is 6.08 Å². The molecule has 0 unspecified atom stereocenters. The van der Waals surface area contributed by atoms with Gasteiger partial charge in [-0.1, -0.05) is 42.3 Å². The molecule has 1 aliphatic heterocycles. The molecule has 1 saturated heterocycles. The molecule has 2 heterocycles. The summed E-state index contributed by atoms with van der Waals surface area (Å²) in [6.45, 7) is 2.09. The molecule has 1 aliphatic rings. The monoisotopic (exact) mass is 438 g/mol. The lowest BCUT2D eigenvalue weighted by Crippen LogP contribution is -2.37. The predicted octanol–water partition coefficient (Wildman–Crippen LogP) is 4.62. The van der Waals surface area contributed by atoms with Crippen LogP contribution in [0.3, 0.4) is 0 Å². The minimum atomic E-state index is -0.438. The number of nitrogens with zero attached hydrogens (tertiary/aromatic N) is 1. The van der Waals surface area contributed by atoms with E-state index in [0.29, 0.717) is 27.8 Å². The van der Waals surface area contributed by atoms with Crippen molar-refractivity contribution in [3.63, 3.8) is 0 Å². The number of halogens is 2.